The van der Waals surface area contributed by atoms with Gasteiger partial charge in [0, 0.05) is 12.3 Å². The number of H-pyrrole nitrogens is 1. The van der Waals surface area contributed by atoms with E-state index in [1.165, 1.54) is 13.2 Å². The average molecular weight is 289 g/mol. The van der Waals surface area contributed by atoms with Gasteiger partial charge in [-0.15, -0.1) is 0 Å². The molecule has 0 aliphatic rings. The maximum absolute atomic E-state index is 13.9. The van der Waals surface area contributed by atoms with Crippen LogP contribution in [-0.2, 0) is 0 Å². The van der Waals surface area contributed by atoms with Crippen molar-refractivity contribution in [2.45, 2.75) is 6.92 Å². The molecule has 3 rings (SSSR count). The summed E-state index contributed by atoms with van der Waals surface area (Å²) < 4.78 is 21.0. The first-order valence-electron chi connectivity index (χ1n) is 6.02. The average Bonchev–Trinajstić information content (AvgIpc) is 2.76. The van der Waals surface area contributed by atoms with Crippen molar-refractivity contribution in [1.29, 1.82) is 0 Å². The monoisotopic (exact) mass is 289 g/mol. The Kier molecular flexibility index (Phi) is 3.02. The van der Waals surface area contributed by atoms with E-state index in [-0.39, 0.29) is 5.75 Å². The number of nitrogens with one attached hydrogen (secondary N) is 1. The molecule has 0 atom stereocenters. The molecule has 0 spiro atoms. The number of aromatic amines is 1. The van der Waals surface area contributed by atoms with E-state index in [4.69, 9.17) is 17.0 Å². The minimum Gasteiger partial charge on any atom is -0.494 e. The summed E-state index contributed by atoms with van der Waals surface area (Å²) in [7, 11) is 1.43. The lowest BCUT2D eigenvalue weighted by Gasteiger charge is -2.07. The molecule has 6 heteroatoms. The van der Waals surface area contributed by atoms with Gasteiger partial charge in [0.2, 0.25) is 0 Å². The molecule has 0 radical (unpaired) electrons. The van der Waals surface area contributed by atoms with Crippen molar-refractivity contribution in [3.8, 4) is 11.4 Å². The predicted molar refractivity (Wildman–Crippen MR) is 77.5 cm³/mol. The summed E-state index contributed by atoms with van der Waals surface area (Å²) in [5.41, 5.74) is 3.18. The number of hydrogen-bond donors (Lipinski definition) is 1. The second kappa shape index (κ2) is 4.72. The smallest absolute Gasteiger partial charge is 0.184 e. The van der Waals surface area contributed by atoms with Gasteiger partial charge in [0.05, 0.1) is 18.3 Å². The summed E-state index contributed by atoms with van der Waals surface area (Å²) in [4.78, 5) is 7.43. The van der Waals surface area contributed by atoms with Crippen LogP contribution < -0.4 is 4.74 Å². The first-order chi connectivity index (χ1) is 9.61. The summed E-state index contributed by atoms with van der Waals surface area (Å²) in [5.74, 6) is -0.238. The zero-order chi connectivity index (χ0) is 14.3. The lowest BCUT2D eigenvalue weighted by molar-refractivity contribution is 0.386. The molecule has 102 valence electrons. The number of aryl methyl sites for hydroxylation is 1. The third-order valence-electron chi connectivity index (χ3n) is 3.18. The highest BCUT2D eigenvalue weighted by Crippen LogP contribution is 2.24. The molecule has 4 nitrogen and oxygen atoms in total. The van der Waals surface area contributed by atoms with Crippen molar-refractivity contribution in [2.75, 3.05) is 7.11 Å². The van der Waals surface area contributed by atoms with Gasteiger partial charge in [-0.2, -0.15) is 0 Å². The third kappa shape index (κ3) is 1.89. The number of hydrogen-bond acceptors (Lipinski definition) is 3. The van der Waals surface area contributed by atoms with E-state index in [2.05, 4.69) is 9.97 Å². The van der Waals surface area contributed by atoms with Crippen molar-refractivity contribution in [1.82, 2.24) is 14.5 Å². The van der Waals surface area contributed by atoms with E-state index in [9.17, 15) is 4.39 Å². The molecule has 0 saturated carbocycles. The molecule has 0 aliphatic carbocycles. The molecular weight excluding hydrogens is 277 g/mol. The van der Waals surface area contributed by atoms with E-state index < -0.39 is 5.82 Å². The number of nitrogens with zero attached hydrogens (tertiary/aromatic N) is 2. The zero-order valence-electron chi connectivity index (χ0n) is 11.0. The highest BCUT2D eigenvalue weighted by Gasteiger charge is 2.11. The first kappa shape index (κ1) is 12.8. The second-order valence-corrected chi connectivity index (χ2v) is 4.80. The molecule has 0 bridgehead atoms. The summed E-state index contributed by atoms with van der Waals surface area (Å²) in [6.45, 7) is 1.97. The van der Waals surface area contributed by atoms with Gasteiger partial charge in [-0.25, -0.2) is 9.37 Å². The second-order valence-electron chi connectivity index (χ2n) is 4.41. The van der Waals surface area contributed by atoms with Crippen LogP contribution in [0, 0.1) is 17.5 Å². The molecule has 0 saturated heterocycles. The molecule has 1 N–H and O–H groups in total. The van der Waals surface area contributed by atoms with E-state index in [0.29, 0.717) is 16.1 Å². The van der Waals surface area contributed by atoms with E-state index in [0.717, 1.165) is 11.1 Å². The van der Waals surface area contributed by atoms with Gasteiger partial charge in [-0.3, -0.25) is 4.57 Å². The number of halogens is 1. The van der Waals surface area contributed by atoms with Crippen LogP contribution in [0.15, 0.2) is 30.5 Å². The number of fused-ring (bicyclic) bond motifs is 1. The number of imidazole rings is 1. The maximum Gasteiger partial charge on any atom is 0.184 e. The van der Waals surface area contributed by atoms with E-state index >= 15 is 0 Å². The molecule has 2 aromatic heterocycles. The number of ether oxygens (including phenoxy) is 1. The highest BCUT2D eigenvalue weighted by atomic mass is 32.1. The number of aromatic nitrogens is 3. The normalized spacial score (nSPS) is 10.9. The van der Waals surface area contributed by atoms with Gasteiger partial charge in [0.25, 0.3) is 0 Å². The fraction of sp³-hybridized carbons (Fsp3) is 0.143. The molecule has 1 aromatic carbocycles. The standard InChI is InChI=1S/C14H12FN3OS/c1-8-5-6-16-13-12(8)17-14(20)18(13)9-3-4-11(19-2)10(15)7-9/h3-7H,1-2H3,(H,17,20). The van der Waals surface area contributed by atoms with Crippen LogP contribution in [-0.4, -0.2) is 21.6 Å². The van der Waals surface area contributed by atoms with Crippen LogP contribution in [0.3, 0.4) is 0 Å². The van der Waals surface area contributed by atoms with E-state index in [1.54, 1.807) is 22.9 Å². The number of methoxy groups -OCH3 is 1. The molecule has 2 heterocycles. The topological polar surface area (TPSA) is 42.8 Å². The zero-order valence-corrected chi connectivity index (χ0v) is 11.8. The molecule has 0 amide bonds. The molecule has 0 aliphatic heterocycles. The van der Waals surface area contributed by atoms with Crippen LogP contribution in [0.2, 0.25) is 0 Å². The summed E-state index contributed by atoms with van der Waals surface area (Å²) >= 11 is 5.31. The Labute approximate surface area is 119 Å². The Bertz CT molecular complexity index is 853. The molecule has 0 fully saturated rings. The Hall–Kier alpha value is -2.21. The van der Waals surface area contributed by atoms with Crippen molar-refractivity contribution in [2.24, 2.45) is 0 Å². The SMILES string of the molecule is COc1ccc(-n2c(=S)[nH]c3c(C)ccnc32)cc1F. The summed E-state index contributed by atoms with van der Waals surface area (Å²) in [5, 5.41) is 0. The Morgan fingerprint density at radius 1 is 1.35 bits per heavy atom. The van der Waals surface area contributed by atoms with Crippen LogP contribution in [0.25, 0.3) is 16.9 Å². The van der Waals surface area contributed by atoms with Gasteiger partial charge in [-0.1, -0.05) is 0 Å². The highest BCUT2D eigenvalue weighted by molar-refractivity contribution is 7.71. The fourth-order valence-electron chi connectivity index (χ4n) is 2.16. The largest absolute Gasteiger partial charge is 0.494 e. The first-order valence-corrected chi connectivity index (χ1v) is 6.43. The van der Waals surface area contributed by atoms with Gasteiger partial charge in [0.15, 0.2) is 22.0 Å². The quantitative estimate of drug-likeness (QED) is 0.734. The van der Waals surface area contributed by atoms with Gasteiger partial charge in [-0.05, 0) is 42.9 Å². The van der Waals surface area contributed by atoms with Gasteiger partial charge in [0.1, 0.15) is 0 Å². The Balaban J connectivity index is 2.30. The number of benzene rings is 1. The van der Waals surface area contributed by atoms with Gasteiger partial charge >= 0.3 is 0 Å². The predicted octanol–water partition coefficient (Wildman–Crippen LogP) is 3.54. The molecule has 3 aromatic rings. The minimum atomic E-state index is -0.436. The van der Waals surface area contributed by atoms with Crippen molar-refractivity contribution in [3.05, 3.63) is 46.6 Å². The molecule has 0 unspecified atom stereocenters. The van der Waals surface area contributed by atoms with Crippen molar-refractivity contribution >= 4 is 23.4 Å². The number of pyridine rings is 1. The van der Waals surface area contributed by atoms with Crippen LogP contribution >= 0.6 is 12.2 Å². The summed E-state index contributed by atoms with van der Waals surface area (Å²) in [6, 6.07) is 6.59. The van der Waals surface area contributed by atoms with Crippen LogP contribution in [0.4, 0.5) is 4.39 Å². The van der Waals surface area contributed by atoms with Gasteiger partial charge < -0.3 is 9.72 Å². The minimum absolute atomic E-state index is 0.198. The fourth-order valence-corrected chi connectivity index (χ4v) is 2.45. The molecule has 20 heavy (non-hydrogen) atoms. The van der Waals surface area contributed by atoms with E-state index in [1.807, 2.05) is 13.0 Å². The molecular formula is C14H12FN3OS. The Morgan fingerprint density at radius 3 is 2.85 bits per heavy atom. The third-order valence-corrected chi connectivity index (χ3v) is 3.46. The van der Waals surface area contributed by atoms with Crippen molar-refractivity contribution < 1.29 is 9.13 Å². The number of rotatable bonds is 2. The summed E-state index contributed by atoms with van der Waals surface area (Å²) in [6.07, 6.45) is 1.71. The Morgan fingerprint density at radius 2 is 2.15 bits per heavy atom. The van der Waals surface area contributed by atoms with Crippen molar-refractivity contribution in [3.63, 3.8) is 0 Å². The lowest BCUT2D eigenvalue weighted by Crippen LogP contribution is -1.97. The lowest BCUT2D eigenvalue weighted by atomic mass is 10.2. The van der Waals surface area contributed by atoms with Crippen LogP contribution in [0.1, 0.15) is 5.56 Å². The van der Waals surface area contributed by atoms with Crippen LogP contribution in [0.5, 0.6) is 5.75 Å². The maximum atomic E-state index is 13.9.